The number of pyridine rings is 1. The quantitative estimate of drug-likeness (QED) is 0.280. The van der Waals surface area contributed by atoms with E-state index >= 15 is 0 Å². The fraction of sp³-hybridized carbons (Fsp3) is 0.533. The zero-order valence-electron chi connectivity index (χ0n) is 25.5. The lowest BCUT2D eigenvalue weighted by Crippen LogP contribution is -2.52. The first-order valence-corrected chi connectivity index (χ1v) is 15.4. The number of aryl methyl sites for hydroxylation is 2. The minimum absolute atomic E-state index is 0.220. The Morgan fingerprint density at radius 2 is 1.76 bits per heavy atom. The van der Waals surface area contributed by atoms with Gasteiger partial charge in [-0.15, -0.1) is 10.2 Å². The molecule has 1 aliphatic heterocycles. The van der Waals surface area contributed by atoms with E-state index in [0.29, 0.717) is 0 Å². The maximum Gasteiger partial charge on any atom is 0.413 e. The number of carbonyl (C=O) groups excluding carboxylic acids is 1. The highest BCUT2D eigenvalue weighted by molar-refractivity contribution is 9.10. The van der Waals surface area contributed by atoms with Crippen LogP contribution in [0, 0.1) is 13.8 Å². The number of rotatable bonds is 7. The summed E-state index contributed by atoms with van der Waals surface area (Å²) in [6.07, 6.45) is 1.18. The van der Waals surface area contributed by atoms with Crippen molar-refractivity contribution in [1.82, 2.24) is 20.1 Å². The van der Waals surface area contributed by atoms with Crippen molar-refractivity contribution in [2.24, 2.45) is 0 Å². The van der Waals surface area contributed by atoms with Gasteiger partial charge in [-0.1, -0.05) is 11.3 Å². The number of carbonyl (C=O) groups is 1. The molecule has 11 heteroatoms. The maximum atomic E-state index is 13.1. The molecule has 1 N–H and O–H groups in total. The number of aromatic nitrogens is 3. The standard InChI is InChI=1S/C30H40BrN5O4S/c1-16(2)33-25-22(31)13-21(14-32-25)27-35-34-26(41-27)20-11-17(3)24(18(4)12-20)38-15-23-19(5)39-30(9,10)36(23)28(37)40-29(6,7)8/h11-14,16,19,23H,15H2,1-10H3,(H,32,33)/t19-,23+/m1/s1. The van der Waals surface area contributed by atoms with Gasteiger partial charge in [0.1, 0.15) is 39.5 Å². The predicted octanol–water partition coefficient (Wildman–Crippen LogP) is 7.61. The normalized spacial score (nSPS) is 18.6. The third-order valence-corrected chi connectivity index (χ3v) is 8.19. The first kappa shape index (κ1) is 31.2. The monoisotopic (exact) mass is 645 g/mol. The Balaban J connectivity index is 1.52. The predicted molar refractivity (Wildman–Crippen MR) is 166 cm³/mol. The Kier molecular flexibility index (Phi) is 9.01. The molecule has 0 bridgehead atoms. The second-order valence-corrected chi connectivity index (χ2v) is 14.0. The minimum Gasteiger partial charge on any atom is -0.491 e. The van der Waals surface area contributed by atoms with Gasteiger partial charge in [-0.25, -0.2) is 9.78 Å². The number of nitrogens with one attached hydrogen (secondary N) is 1. The van der Waals surface area contributed by atoms with E-state index < -0.39 is 17.4 Å². The molecule has 0 unspecified atom stereocenters. The van der Waals surface area contributed by atoms with Crippen molar-refractivity contribution in [3.05, 3.63) is 40.0 Å². The van der Waals surface area contributed by atoms with Crippen molar-refractivity contribution in [1.29, 1.82) is 0 Å². The van der Waals surface area contributed by atoms with E-state index in [9.17, 15) is 4.79 Å². The van der Waals surface area contributed by atoms with Gasteiger partial charge in [-0.05, 0) is 114 Å². The third kappa shape index (κ3) is 7.18. The first-order chi connectivity index (χ1) is 19.1. The highest BCUT2D eigenvalue weighted by atomic mass is 79.9. The summed E-state index contributed by atoms with van der Waals surface area (Å²) in [5.41, 5.74) is 2.39. The van der Waals surface area contributed by atoms with Gasteiger partial charge in [0.05, 0.1) is 16.6 Å². The van der Waals surface area contributed by atoms with Crippen LogP contribution in [0.1, 0.15) is 66.5 Å². The van der Waals surface area contributed by atoms with Crippen LogP contribution in [0.25, 0.3) is 21.1 Å². The number of ether oxygens (including phenoxy) is 3. The smallest absolute Gasteiger partial charge is 0.413 e. The molecular formula is C30H40BrN5O4S. The summed E-state index contributed by atoms with van der Waals surface area (Å²) in [6.45, 7) is 19.7. The topological polar surface area (TPSA) is 98.7 Å². The van der Waals surface area contributed by atoms with E-state index in [1.165, 1.54) is 11.3 Å². The van der Waals surface area contributed by atoms with Gasteiger partial charge >= 0.3 is 6.09 Å². The zero-order valence-corrected chi connectivity index (χ0v) is 27.9. The van der Waals surface area contributed by atoms with Gasteiger partial charge in [0.2, 0.25) is 0 Å². The van der Waals surface area contributed by atoms with E-state index in [-0.39, 0.29) is 24.8 Å². The molecule has 1 amide bonds. The fourth-order valence-electron chi connectivity index (χ4n) is 4.94. The van der Waals surface area contributed by atoms with Crippen LogP contribution in [0.3, 0.4) is 0 Å². The first-order valence-electron chi connectivity index (χ1n) is 13.8. The minimum atomic E-state index is -0.810. The summed E-state index contributed by atoms with van der Waals surface area (Å²) in [5, 5.41) is 13.8. The molecule has 1 aromatic carbocycles. The maximum absolute atomic E-state index is 13.1. The third-order valence-electron chi connectivity index (χ3n) is 6.56. The number of nitrogens with zero attached hydrogens (tertiary/aromatic N) is 4. The molecule has 0 spiro atoms. The summed E-state index contributed by atoms with van der Waals surface area (Å²) in [7, 11) is 0. The lowest BCUT2D eigenvalue weighted by Gasteiger charge is -2.35. The number of hydrogen-bond donors (Lipinski definition) is 1. The Morgan fingerprint density at radius 3 is 2.32 bits per heavy atom. The lowest BCUT2D eigenvalue weighted by atomic mass is 10.1. The summed E-state index contributed by atoms with van der Waals surface area (Å²) in [4.78, 5) is 19.3. The zero-order chi connectivity index (χ0) is 30.3. The molecule has 1 saturated heterocycles. The van der Waals surface area contributed by atoms with E-state index in [4.69, 9.17) is 14.2 Å². The molecule has 4 rings (SSSR count). The molecule has 3 heterocycles. The van der Waals surface area contributed by atoms with Crippen LogP contribution in [0.15, 0.2) is 28.9 Å². The average Bonchev–Trinajstić information content (AvgIpc) is 3.40. The fourth-order valence-corrected chi connectivity index (χ4v) is 6.21. The van der Waals surface area contributed by atoms with Gasteiger partial charge in [0.15, 0.2) is 0 Å². The summed E-state index contributed by atoms with van der Waals surface area (Å²) >= 11 is 5.12. The molecule has 2 aromatic heterocycles. The van der Waals surface area contributed by atoms with Crippen LogP contribution in [0.2, 0.25) is 0 Å². The second kappa shape index (κ2) is 11.9. The number of halogens is 1. The number of hydrogen-bond acceptors (Lipinski definition) is 9. The summed E-state index contributed by atoms with van der Waals surface area (Å²) < 4.78 is 19.1. The van der Waals surface area contributed by atoms with Crippen LogP contribution in [-0.2, 0) is 9.47 Å². The molecule has 0 saturated carbocycles. The largest absolute Gasteiger partial charge is 0.491 e. The number of anilines is 1. The van der Waals surface area contributed by atoms with E-state index in [0.717, 1.165) is 48.3 Å². The Hall–Kier alpha value is -2.76. The second-order valence-electron chi connectivity index (χ2n) is 12.2. The van der Waals surface area contributed by atoms with Crippen molar-refractivity contribution in [3.8, 4) is 26.9 Å². The highest BCUT2D eigenvalue weighted by Crippen LogP contribution is 2.37. The Labute approximate surface area is 255 Å². The van der Waals surface area contributed by atoms with Crippen molar-refractivity contribution < 1.29 is 19.0 Å². The molecule has 0 radical (unpaired) electrons. The van der Waals surface area contributed by atoms with Crippen LogP contribution in [-0.4, -0.2) is 62.3 Å². The summed E-state index contributed by atoms with van der Waals surface area (Å²) in [5.74, 6) is 1.58. The Morgan fingerprint density at radius 1 is 1.15 bits per heavy atom. The van der Waals surface area contributed by atoms with E-state index in [1.54, 1.807) is 4.90 Å². The van der Waals surface area contributed by atoms with E-state index in [2.05, 4.69) is 62.4 Å². The van der Waals surface area contributed by atoms with Gasteiger partial charge in [-0.2, -0.15) is 0 Å². The van der Waals surface area contributed by atoms with Crippen LogP contribution in [0.4, 0.5) is 10.6 Å². The van der Waals surface area contributed by atoms with Crippen molar-refractivity contribution >= 4 is 39.2 Å². The van der Waals surface area contributed by atoms with Gasteiger partial charge in [0.25, 0.3) is 0 Å². The molecule has 1 fully saturated rings. The molecule has 2 atom stereocenters. The SMILES string of the molecule is Cc1cc(-c2nnc(-c3cnc(NC(C)C)c(Br)c3)s2)cc(C)c1OC[C@H]1[C@@H](C)OC(C)(C)N1C(=O)OC(C)(C)C. The molecule has 3 aromatic rings. The van der Waals surface area contributed by atoms with E-state index in [1.807, 2.05) is 67.7 Å². The summed E-state index contributed by atoms with van der Waals surface area (Å²) in [6, 6.07) is 6.09. The Bertz CT molecular complexity index is 1400. The molecule has 1 aliphatic rings. The number of amides is 1. The van der Waals surface area contributed by atoms with Crippen LogP contribution >= 0.6 is 27.3 Å². The number of benzene rings is 1. The van der Waals surface area contributed by atoms with Crippen molar-refractivity contribution in [2.75, 3.05) is 11.9 Å². The van der Waals surface area contributed by atoms with Gasteiger partial charge in [0, 0.05) is 23.4 Å². The molecule has 41 heavy (non-hydrogen) atoms. The average molecular weight is 647 g/mol. The lowest BCUT2D eigenvalue weighted by molar-refractivity contribution is -0.0760. The van der Waals surface area contributed by atoms with Gasteiger partial charge < -0.3 is 19.5 Å². The van der Waals surface area contributed by atoms with Crippen molar-refractivity contribution in [2.45, 2.75) is 98.8 Å². The van der Waals surface area contributed by atoms with Crippen LogP contribution < -0.4 is 10.1 Å². The van der Waals surface area contributed by atoms with Crippen molar-refractivity contribution in [3.63, 3.8) is 0 Å². The molecule has 9 nitrogen and oxygen atoms in total. The molecule has 0 aliphatic carbocycles. The molecule has 222 valence electrons. The molecular weight excluding hydrogens is 606 g/mol. The highest BCUT2D eigenvalue weighted by Gasteiger charge is 2.50. The van der Waals surface area contributed by atoms with Gasteiger partial charge in [-0.3, -0.25) is 4.90 Å². The van der Waals surface area contributed by atoms with Crippen LogP contribution in [0.5, 0.6) is 5.75 Å².